The van der Waals surface area contributed by atoms with Gasteiger partial charge in [-0.05, 0) is 66.8 Å². The lowest BCUT2D eigenvalue weighted by Crippen LogP contribution is -2.49. The van der Waals surface area contributed by atoms with E-state index in [9.17, 15) is 19.2 Å². The van der Waals surface area contributed by atoms with Crippen molar-refractivity contribution in [2.75, 3.05) is 34.8 Å². The monoisotopic (exact) mass is 772 g/mol. The van der Waals surface area contributed by atoms with Crippen LogP contribution in [-0.4, -0.2) is 84.8 Å². The summed E-state index contributed by atoms with van der Waals surface area (Å²) in [5.41, 5.74) is 6.03. The predicted molar refractivity (Wildman–Crippen MR) is 205 cm³/mol. The molecule has 2 aromatic carbocycles. The van der Waals surface area contributed by atoms with E-state index in [1.54, 1.807) is 30.2 Å². The Morgan fingerprint density at radius 3 is 2.57 bits per heavy atom. The largest absolute Gasteiger partial charge is 0.366 e. The normalized spacial score (nSPS) is 20.8. The molecule has 56 heavy (non-hydrogen) atoms. The number of aryl methyl sites for hydroxylation is 1. The SMILES string of the molecule is O=C1CCN(c2ccc(CN3C[C@@H]4C[C@H]3CN4c3ccc(-c4cc(F)c5c(c4)C(=O)N(C(C(=O)Nc4nccs4)c4ncn6c4CCC6)C5)cc3)nc2)C(=O)N1. The van der Waals surface area contributed by atoms with Gasteiger partial charge in [-0.25, -0.2) is 19.2 Å². The van der Waals surface area contributed by atoms with Gasteiger partial charge in [0.2, 0.25) is 5.91 Å². The lowest BCUT2D eigenvalue weighted by Gasteiger charge is -2.35. The van der Waals surface area contributed by atoms with Crippen LogP contribution in [-0.2, 0) is 35.6 Å². The highest BCUT2D eigenvalue weighted by molar-refractivity contribution is 7.13. The number of imide groups is 1. The summed E-state index contributed by atoms with van der Waals surface area (Å²) in [7, 11) is 0. The summed E-state index contributed by atoms with van der Waals surface area (Å²) < 4.78 is 17.9. The number of carbonyl (C=O) groups excluding carboxylic acids is 4. The van der Waals surface area contributed by atoms with E-state index in [0.29, 0.717) is 47.2 Å². The van der Waals surface area contributed by atoms with Gasteiger partial charge in [0, 0.05) is 85.3 Å². The molecule has 2 N–H and O–H groups in total. The molecule has 0 spiro atoms. The van der Waals surface area contributed by atoms with Gasteiger partial charge in [0.25, 0.3) is 11.8 Å². The number of fused-ring (bicyclic) bond motifs is 4. The number of rotatable bonds is 9. The van der Waals surface area contributed by atoms with Crippen LogP contribution in [0.2, 0.25) is 0 Å². The van der Waals surface area contributed by atoms with E-state index in [1.807, 2.05) is 28.8 Å². The highest BCUT2D eigenvalue weighted by atomic mass is 32.1. The number of nitrogens with zero attached hydrogens (tertiary/aromatic N) is 8. The minimum atomic E-state index is -1.04. The summed E-state index contributed by atoms with van der Waals surface area (Å²) in [6.45, 7) is 3.57. The van der Waals surface area contributed by atoms with Crippen LogP contribution in [0.25, 0.3) is 11.1 Å². The Morgan fingerprint density at radius 2 is 1.82 bits per heavy atom. The highest BCUT2D eigenvalue weighted by Gasteiger charge is 2.44. The number of likely N-dealkylation sites (tertiary alicyclic amines) is 1. The summed E-state index contributed by atoms with van der Waals surface area (Å²) >= 11 is 1.28. The average molecular weight is 773 g/mol. The van der Waals surface area contributed by atoms with Crippen LogP contribution < -0.4 is 20.4 Å². The van der Waals surface area contributed by atoms with Gasteiger partial charge in [0.15, 0.2) is 11.2 Å². The van der Waals surface area contributed by atoms with Crippen molar-refractivity contribution in [3.05, 3.63) is 107 Å². The fraction of sp³-hybridized carbons (Fsp3) is 0.325. The standard InChI is InChI=1S/C40H37FN10O4S/c41-32-15-24(14-30-31(32)21-51(38(30)54)36(37(53)46-39-42-10-13-56-39)35-33-2-1-11-47(33)22-44-35)23-3-6-26(7-4-23)50-20-28-16-29(50)19-48(28)18-25-5-8-27(17-43-25)49-12-9-34(52)45-40(49)55/h3-8,10,13-15,17,22,28-29,36H,1-2,9,11-12,16,18-21H2,(H,42,46,53)(H,45,52,55)/t28-,29-,36?/m0/s1. The molecule has 3 saturated heterocycles. The number of amides is 5. The highest BCUT2D eigenvalue weighted by Crippen LogP contribution is 2.40. The molecule has 5 aromatic rings. The second-order valence-electron chi connectivity index (χ2n) is 15.0. The predicted octanol–water partition coefficient (Wildman–Crippen LogP) is 4.73. The zero-order chi connectivity index (χ0) is 38.1. The molecular weight excluding hydrogens is 736 g/mol. The smallest absolute Gasteiger partial charge is 0.328 e. The fourth-order valence-corrected chi connectivity index (χ4v) is 9.49. The molecule has 5 aliphatic rings. The molecule has 0 radical (unpaired) electrons. The zero-order valence-corrected chi connectivity index (χ0v) is 31.0. The molecule has 8 heterocycles. The number of piperazine rings is 1. The number of carbonyl (C=O) groups is 4. The van der Waals surface area contributed by atoms with Crippen molar-refractivity contribution in [3.8, 4) is 11.1 Å². The van der Waals surface area contributed by atoms with Gasteiger partial charge < -0.3 is 14.4 Å². The topological polar surface area (TPSA) is 149 Å². The summed E-state index contributed by atoms with van der Waals surface area (Å²) in [5, 5.41) is 7.37. The number of urea groups is 1. The first kappa shape index (κ1) is 34.5. The van der Waals surface area contributed by atoms with Crippen molar-refractivity contribution >= 4 is 51.6 Å². The maximum Gasteiger partial charge on any atom is 0.328 e. The van der Waals surface area contributed by atoms with E-state index in [2.05, 4.69) is 47.5 Å². The van der Waals surface area contributed by atoms with Gasteiger partial charge in [-0.15, -0.1) is 11.3 Å². The number of imidazole rings is 1. The Hall–Kier alpha value is -6.00. The van der Waals surface area contributed by atoms with Gasteiger partial charge in [-0.3, -0.25) is 39.8 Å². The van der Waals surface area contributed by atoms with E-state index in [-0.39, 0.29) is 30.0 Å². The lowest BCUT2D eigenvalue weighted by molar-refractivity contribution is -0.121. The van der Waals surface area contributed by atoms with Crippen LogP contribution >= 0.6 is 11.3 Å². The minimum absolute atomic E-state index is 0.0438. The molecule has 284 valence electrons. The van der Waals surface area contributed by atoms with E-state index in [4.69, 9.17) is 0 Å². The Morgan fingerprint density at radius 1 is 0.964 bits per heavy atom. The third-order valence-corrected chi connectivity index (χ3v) is 12.4. The summed E-state index contributed by atoms with van der Waals surface area (Å²) in [4.78, 5) is 72.9. The molecule has 3 fully saturated rings. The van der Waals surface area contributed by atoms with Crippen molar-refractivity contribution < 1.29 is 23.6 Å². The molecule has 3 aromatic heterocycles. The van der Waals surface area contributed by atoms with E-state index < -0.39 is 29.7 Å². The fourth-order valence-electron chi connectivity index (χ4n) is 8.96. The molecule has 16 heteroatoms. The second kappa shape index (κ2) is 13.6. The van der Waals surface area contributed by atoms with Crippen LogP contribution in [0.4, 0.5) is 25.7 Å². The summed E-state index contributed by atoms with van der Waals surface area (Å²) in [6.07, 6.45) is 7.99. The molecule has 14 nitrogen and oxygen atoms in total. The molecule has 5 aliphatic heterocycles. The zero-order valence-electron chi connectivity index (χ0n) is 30.2. The minimum Gasteiger partial charge on any atom is -0.366 e. The van der Waals surface area contributed by atoms with Crippen LogP contribution in [0.15, 0.2) is 72.6 Å². The number of anilines is 3. The van der Waals surface area contributed by atoms with Crippen LogP contribution in [0.3, 0.4) is 0 Å². The first-order valence-corrected chi connectivity index (χ1v) is 19.7. The maximum atomic E-state index is 15.9. The number of aromatic nitrogens is 4. The third-order valence-electron chi connectivity index (χ3n) is 11.7. The van der Waals surface area contributed by atoms with Crippen molar-refractivity contribution in [3.63, 3.8) is 0 Å². The van der Waals surface area contributed by atoms with Gasteiger partial charge in [0.05, 0.1) is 36.1 Å². The number of halogens is 1. The average Bonchev–Trinajstić information content (AvgIpc) is 4.06. The first-order valence-electron chi connectivity index (χ1n) is 18.8. The summed E-state index contributed by atoms with van der Waals surface area (Å²) in [6, 6.07) is 14.4. The lowest BCUT2D eigenvalue weighted by atomic mass is 9.99. The van der Waals surface area contributed by atoms with E-state index in [1.165, 1.54) is 27.2 Å². The Balaban J connectivity index is 0.820. The van der Waals surface area contributed by atoms with Crippen LogP contribution in [0, 0.1) is 5.82 Å². The van der Waals surface area contributed by atoms with Crippen molar-refractivity contribution in [1.29, 1.82) is 0 Å². The van der Waals surface area contributed by atoms with Gasteiger partial charge in [-0.2, -0.15) is 0 Å². The van der Waals surface area contributed by atoms with Crippen molar-refractivity contribution in [2.24, 2.45) is 0 Å². The van der Waals surface area contributed by atoms with Gasteiger partial charge >= 0.3 is 6.03 Å². The Kier molecular flexibility index (Phi) is 8.40. The first-order chi connectivity index (χ1) is 27.3. The van der Waals surface area contributed by atoms with Gasteiger partial charge in [-0.1, -0.05) is 12.1 Å². The van der Waals surface area contributed by atoms with E-state index in [0.717, 1.165) is 61.5 Å². The Labute approximate surface area is 325 Å². The number of benzene rings is 2. The molecule has 1 unspecified atom stereocenters. The number of thiazole rings is 1. The molecule has 0 saturated carbocycles. The quantitative estimate of drug-likeness (QED) is 0.217. The number of hydrogen-bond donors (Lipinski definition) is 2. The van der Waals surface area contributed by atoms with Crippen molar-refractivity contribution in [2.45, 2.75) is 63.4 Å². The number of nitrogens with one attached hydrogen (secondary N) is 2. The van der Waals surface area contributed by atoms with E-state index >= 15 is 4.39 Å². The molecule has 10 rings (SSSR count). The summed E-state index contributed by atoms with van der Waals surface area (Å²) in [5.74, 6) is -1.59. The molecule has 5 amide bonds. The van der Waals surface area contributed by atoms with Gasteiger partial charge in [0.1, 0.15) is 5.82 Å². The molecular formula is C40H37FN10O4S. The number of hydrogen-bond acceptors (Lipinski definition) is 10. The molecule has 2 bridgehead atoms. The maximum absolute atomic E-state index is 15.9. The van der Waals surface area contributed by atoms with Crippen molar-refractivity contribution in [1.82, 2.24) is 34.6 Å². The third kappa shape index (κ3) is 5.99. The Bertz CT molecular complexity index is 2380. The van der Waals surface area contributed by atoms with Crippen LogP contribution in [0.1, 0.15) is 58.3 Å². The molecule has 0 aliphatic carbocycles. The second-order valence-corrected chi connectivity index (χ2v) is 15.8. The van der Waals surface area contributed by atoms with Crippen LogP contribution in [0.5, 0.6) is 0 Å². The number of pyridine rings is 1. The molecule has 3 atom stereocenters.